The number of ether oxygens (including phenoxy) is 1. The molecule has 0 aliphatic rings. The summed E-state index contributed by atoms with van der Waals surface area (Å²) in [5.41, 5.74) is 11.2. The molecule has 1 aromatic carbocycles. The predicted octanol–water partition coefficient (Wildman–Crippen LogP) is -0.772. The molecule has 0 heterocycles. The molecule has 0 aliphatic heterocycles. The maximum Gasteiger partial charge on any atom is 0.255 e. The van der Waals surface area contributed by atoms with Crippen molar-refractivity contribution in [3.05, 3.63) is 29.8 Å². The lowest BCUT2D eigenvalue weighted by Gasteiger charge is -2.18. The Balaban J connectivity index is 2.66. The van der Waals surface area contributed by atoms with Gasteiger partial charge in [-0.25, -0.2) is 0 Å². The van der Waals surface area contributed by atoms with Crippen LogP contribution in [0.1, 0.15) is 11.6 Å². The van der Waals surface area contributed by atoms with E-state index in [9.17, 15) is 9.59 Å². The number of nitrogens with two attached hydrogens (primary N) is 2. The van der Waals surface area contributed by atoms with Gasteiger partial charge in [-0.2, -0.15) is 0 Å². The summed E-state index contributed by atoms with van der Waals surface area (Å²) in [7, 11) is 3.90. The molecule has 0 aromatic heterocycles. The van der Waals surface area contributed by atoms with Gasteiger partial charge in [0.05, 0.1) is 0 Å². The van der Waals surface area contributed by atoms with Crippen molar-refractivity contribution in [1.82, 2.24) is 10.2 Å². The summed E-state index contributed by atoms with van der Waals surface area (Å²) in [4.78, 5) is 24.2. The zero-order valence-electron chi connectivity index (χ0n) is 12.3. The summed E-state index contributed by atoms with van der Waals surface area (Å²) in [5.74, 6) is -0.479. The van der Waals surface area contributed by atoms with Crippen LogP contribution in [0.15, 0.2) is 24.3 Å². The van der Waals surface area contributed by atoms with Crippen LogP contribution in [0.4, 0.5) is 0 Å². The number of benzene rings is 1. The van der Waals surface area contributed by atoms with Crippen LogP contribution in [0.5, 0.6) is 5.75 Å². The van der Waals surface area contributed by atoms with Crippen LogP contribution in [-0.2, 0) is 9.59 Å². The van der Waals surface area contributed by atoms with Gasteiger partial charge in [0, 0.05) is 13.1 Å². The van der Waals surface area contributed by atoms with Crippen LogP contribution < -0.4 is 21.5 Å². The zero-order chi connectivity index (χ0) is 15.8. The number of rotatable bonds is 9. The average Bonchev–Trinajstić information content (AvgIpc) is 2.41. The molecule has 7 nitrogen and oxygen atoms in total. The SMILES string of the molecule is CN(C)CCNC(C(N)=O)c1ccc(OCC(N)=O)cc1. The van der Waals surface area contributed by atoms with E-state index in [0.29, 0.717) is 12.3 Å². The average molecular weight is 294 g/mol. The van der Waals surface area contributed by atoms with E-state index >= 15 is 0 Å². The smallest absolute Gasteiger partial charge is 0.255 e. The monoisotopic (exact) mass is 294 g/mol. The maximum atomic E-state index is 11.5. The van der Waals surface area contributed by atoms with Gasteiger partial charge in [-0.3, -0.25) is 9.59 Å². The summed E-state index contributed by atoms with van der Waals surface area (Å²) in [5, 5.41) is 3.11. The molecule has 0 spiro atoms. The number of likely N-dealkylation sites (N-methyl/N-ethyl adjacent to an activating group) is 1. The van der Waals surface area contributed by atoms with Crippen molar-refractivity contribution < 1.29 is 14.3 Å². The third-order valence-corrected chi connectivity index (χ3v) is 2.79. The molecule has 5 N–H and O–H groups in total. The Bertz CT molecular complexity index is 474. The molecular formula is C14H22N4O3. The Morgan fingerprint density at radius 3 is 2.33 bits per heavy atom. The highest BCUT2D eigenvalue weighted by atomic mass is 16.5. The van der Waals surface area contributed by atoms with Crippen LogP contribution >= 0.6 is 0 Å². The Kier molecular flexibility index (Phi) is 6.64. The molecule has 0 bridgehead atoms. The molecule has 0 saturated heterocycles. The van der Waals surface area contributed by atoms with Gasteiger partial charge in [0.2, 0.25) is 5.91 Å². The first kappa shape index (κ1) is 16.9. The molecule has 116 valence electrons. The minimum atomic E-state index is -0.560. The van der Waals surface area contributed by atoms with Gasteiger partial charge in [0.25, 0.3) is 5.91 Å². The summed E-state index contributed by atoms with van der Waals surface area (Å²) in [6, 6.07) is 6.24. The quantitative estimate of drug-likeness (QED) is 0.554. The fraction of sp³-hybridized carbons (Fsp3) is 0.429. The van der Waals surface area contributed by atoms with Crippen LogP contribution in [0.2, 0.25) is 0 Å². The minimum Gasteiger partial charge on any atom is -0.484 e. The summed E-state index contributed by atoms with van der Waals surface area (Å²) in [6.07, 6.45) is 0. The third-order valence-electron chi connectivity index (χ3n) is 2.79. The van der Waals surface area contributed by atoms with E-state index in [2.05, 4.69) is 5.32 Å². The largest absolute Gasteiger partial charge is 0.484 e. The number of nitrogens with one attached hydrogen (secondary N) is 1. The number of amides is 2. The highest BCUT2D eigenvalue weighted by Gasteiger charge is 2.16. The van der Waals surface area contributed by atoms with Gasteiger partial charge in [-0.1, -0.05) is 12.1 Å². The van der Waals surface area contributed by atoms with E-state index in [4.69, 9.17) is 16.2 Å². The van der Waals surface area contributed by atoms with E-state index in [0.717, 1.165) is 12.1 Å². The van der Waals surface area contributed by atoms with Crippen molar-refractivity contribution in [2.24, 2.45) is 11.5 Å². The molecule has 2 amide bonds. The molecule has 0 fully saturated rings. The number of hydrogen-bond acceptors (Lipinski definition) is 5. The first-order valence-electron chi connectivity index (χ1n) is 6.58. The Hall–Kier alpha value is -2.12. The van der Waals surface area contributed by atoms with Crippen molar-refractivity contribution in [2.75, 3.05) is 33.8 Å². The molecular weight excluding hydrogens is 272 g/mol. The second-order valence-electron chi connectivity index (χ2n) is 4.92. The lowest BCUT2D eigenvalue weighted by atomic mass is 10.1. The third kappa shape index (κ3) is 6.24. The predicted molar refractivity (Wildman–Crippen MR) is 79.6 cm³/mol. The van der Waals surface area contributed by atoms with Gasteiger partial charge in [-0.15, -0.1) is 0 Å². The fourth-order valence-electron chi connectivity index (χ4n) is 1.73. The first-order valence-corrected chi connectivity index (χ1v) is 6.58. The molecule has 1 atom stereocenters. The van der Waals surface area contributed by atoms with E-state index in [1.807, 2.05) is 19.0 Å². The molecule has 1 unspecified atom stereocenters. The van der Waals surface area contributed by atoms with Crippen LogP contribution in [0.3, 0.4) is 0 Å². The first-order chi connectivity index (χ1) is 9.90. The van der Waals surface area contributed by atoms with Crippen LogP contribution in [0.25, 0.3) is 0 Å². The lowest BCUT2D eigenvalue weighted by molar-refractivity contribution is -0.120. The Morgan fingerprint density at radius 1 is 1.24 bits per heavy atom. The van der Waals surface area contributed by atoms with Gasteiger partial charge in [0.1, 0.15) is 11.8 Å². The Morgan fingerprint density at radius 2 is 1.86 bits per heavy atom. The van der Waals surface area contributed by atoms with Gasteiger partial charge in [0.15, 0.2) is 6.61 Å². The van der Waals surface area contributed by atoms with Crippen molar-refractivity contribution in [3.8, 4) is 5.75 Å². The molecule has 1 rings (SSSR count). The van der Waals surface area contributed by atoms with Crippen LogP contribution in [0, 0.1) is 0 Å². The number of carbonyl (C=O) groups excluding carboxylic acids is 2. The lowest BCUT2D eigenvalue weighted by Crippen LogP contribution is -2.37. The zero-order valence-corrected chi connectivity index (χ0v) is 12.3. The Labute approximate surface area is 124 Å². The summed E-state index contributed by atoms with van der Waals surface area (Å²) < 4.78 is 5.16. The molecule has 1 aromatic rings. The van der Waals surface area contributed by atoms with Crippen molar-refractivity contribution in [2.45, 2.75) is 6.04 Å². The highest BCUT2D eigenvalue weighted by molar-refractivity contribution is 5.81. The molecule has 0 radical (unpaired) electrons. The summed E-state index contributed by atoms with van der Waals surface area (Å²) >= 11 is 0. The maximum absolute atomic E-state index is 11.5. The number of hydrogen-bond donors (Lipinski definition) is 3. The molecule has 7 heteroatoms. The van der Waals surface area contributed by atoms with E-state index in [1.54, 1.807) is 24.3 Å². The van der Waals surface area contributed by atoms with E-state index < -0.39 is 17.9 Å². The number of nitrogens with zero attached hydrogens (tertiary/aromatic N) is 1. The van der Waals surface area contributed by atoms with E-state index in [-0.39, 0.29) is 6.61 Å². The fourth-order valence-corrected chi connectivity index (χ4v) is 1.73. The molecule has 0 aliphatic carbocycles. The number of carbonyl (C=O) groups is 2. The molecule has 0 saturated carbocycles. The van der Waals surface area contributed by atoms with Gasteiger partial charge in [-0.05, 0) is 31.8 Å². The normalized spacial score (nSPS) is 12.1. The van der Waals surface area contributed by atoms with Crippen molar-refractivity contribution in [3.63, 3.8) is 0 Å². The second kappa shape index (κ2) is 8.23. The van der Waals surface area contributed by atoms with Gasteiger partial charge >= 0.3 is 0 Å². The minimum absolute atomic E-state index is 0.181. The van der Waals surface area contributed by atoms with E-state index in [1.165, 1.54) is 0 Å². The van der Waals surface area contributed by atoms with Crippen molar-refractivity contribution in [1.29, 1.82) is 0 Å². The standard InChI is InChI=1S/C14H22N4O3/c1-18(2)8-7-17-13(14(16)20)10-3-5-11(6-4-10)21-9-12(15)19/h3-6,13,17H,7-9H2,1-2H3,(H2,15,19)(H2,16,20). The van der Waals surface area contributed by atoms with Crippen molar-refractivity contribution >= 4 is 11.8 Å². The van der Waals surface area contributed by atoms with Gasteiger partial charge < -0.3 is 26.4 Å². The topological polar surface area (TPSA) is 111 Å². The second-order valence-corrected chi connectivity index (χ2v) is 4.92. The van der Waals surface area contributed by atoms with Crippen LogP contribution in [-0.4, -0.2) is 50.5 Å². The highest BCUT2D eigenvalue weighted by Crippen LogP contribution is 2.17. The number of primary amides is 2. The summed E-state index contributed by atoms with van der Waals surface area (Å²) in [6.45, 7) is 1.25. The molecule has 21 heavy (non-hydrogen) atoms.